The van der Waals surface area contributed by atoms with Crippen LogP contribution < -0.4 is 4.74 Å². The van der Waals surface area contributed by atoms with Crippen LogP contribution >= 0.6 is 0 Å². The number of benzene rings is 1. The van der Waals surface area contributed by atoms with Gasteiger partial charge in [0.25, 0.3) is 0 Å². The molecule has 0 saturated carbocycles. The summed E-state index contributed by atoms with van der Waals surface area (Å²) in [5, 5.41) is 9.72. The van der Waals surface area contributed by atoms with Crippen molar-refractivity contribution < 1.29 is 9.84 Å². The van der Waals surface area contributed by atoms with Crippen molar-refractivity contribution in [1.29, 1.82) is 0 Å². The van der Waals surface area contributed by atoms with Crippen LogP contribution in [0.4, 0.5) is 0 Å². The molecule has 3 nitrogen and oxygen atoms in total. The Morgan fingerprint density at radius 2 is 1.75 bits per heavy atom. The van der Waals surface area contributed by atoms with Crippen LogP contribution in [0.2, 0.25) is 0 Å². The molecule has 0 bridgehead atoms. The van der Waals surface area contributed by atoms with Crippen molar-refractivity contribution in [2.24, 2.45) is 0 Å². The Balaban J connectivity index is 2.45. The number of nitrogens with zero attached hydrogens (tertiary/aromatic N) is 1. The van der Waals surface area contributed by atoms with Gasteiger partial charge in [0.2, 0.25) is 0 Å². The van der Waals surface area contributed by atoms with Crippen LogP contribution in [0.25, 0.3) is 11.3 Å². The summed E-state index contributed by atoms with van der Waals surface area (Å²) in [6.07, 6.45) is 0. The molecule has 0 unspecified atom stereocenters. The monoisotopic (exact) mass is 215 g/mol. The Hall–Kier alpha value is -2.03. The molecule has 0 saturated heterocycles. The third kappa shape index (κ3) is 1.98. The van der Waals surface area contributed by atoms with Gasteiger partial charge in [-0.15, -0.1) is 0 Å². The number of aromatic hydroxyl groups is 1. The largest absolute Gasteiger partial charge is 0.506 e. The summed E-state index contributed by atoms with van der Waals surface area (Å²) in [6.45, 7) is 1.90. The van der Waals surface area contributed by atoms with E-state index >= 15 is 0 Å². The Labute approximate surface area is 94.3 Å². The van der Waals surface area contributed by atoms with Crippen LogP contribution in [0.5, 0.6) is 11.5 Å². The van der Waals surface area contributed by atoms with E-state index in [1.807, 2.05) is 31.2 Å². The zero-order valence-electron chi connectivity index (χ0n) is 9.27. The average molecular weight is 215 g/mol. The number of aromatic nitrogens is 1. The fourth-order valence-electron chi connectivity index (χ4n) is 1.51. The molecule has 0 fully saturated rings. The number of hydrogen-bond donors (Lipinski definition) is 1. The van der Waals surface area contributed by atoms with Gasteiger partial charge in [0.1, 0.15) is 17.2 Å². The molecule has 0 aliphatic carbocycles. The van der Waals surface area contributed by atoms with E-state index in [1.165, 1.54) is 0 Å². The first-order valence-electron chi connectivity index (χ1n) is 5.02. The molecule has 1 heterocycles. The maximum atomic E-state index is 9.72. The summed E-state index contributed by atoms with van der Waals surface area (Å²) in [5.41, 5.74) is 2.35. The lowest BCUT2D eigenvalue weighted by Gasteiger charge is -2.06. The lowest BCUT2D eigenvalue weighted by Crippen LogP contribution is -1.88. The van der Waals surface area contributed by atoms with Crippen LogP contribution in [0.15, 0.2) is 36.4 Å². The number of aryl methyl sites for hydroxylation is 1. The number of hydrogen-bond acceptors (Lipinski definition) is 3. The highest BCUT2D eigenvalue weighted by Crippen LogP contribution is 2.28. The maximum Gasteiger partial charge on any atom is 0.141 e. The summed E-state index contributed by atoms with van der Waals surface area (Å²) >= 11 is 0. The zero-order valence-corrected chi connectivity index (χ0v) is 9.27. The van der Waals surface area contributed by atoms with Gasteiger partial charge in [-0.1, -0.05) is 0 Å². The van der Waals surface area contributed by atoms with E-state index < -0.39 is 0 Å². The molecule has 1 aromatic carbocycles. The SMILES string of the molecule is COc1ccc(-c2nc(C)ccc2O)cc1. The lowest BCUT2D eigenvalue weighted by atomic mass is 10.1. The quantitative estimate of drug-likeness (QED) is 0.837. The van der Waals surface area contributed by atoms with E-state index in [-0.39, 0.29) is 5.75 Å². The van der Waals surface area contributed by atoms with Crippen LogP contribution in [0.1, 0.15) is 5.69 Å². The molecule has 0 aliphatic heterocycles. The topological polar surface area (TPSA) is 42.4 Å². The normalized spacial score (nSPS) is 10.1. The molecule has 1 N–H and O–H groups in total. The smallest absolute Gasteiger partial charge is 0.141 e. The highest BCUT2D eigenvalue weighted by Gasteiger charge is 2.06. The van der Waals surface area contributed by atoms with Gasteiger partial charge in [-0.2, -0.15) is 0 Å². The van der Waals surface area contributed by atoms with E-state index in [9.17, 15) is 5.11 Å². The van der Waals surface area contributed by atoms with Crippen molar-refractivity contribution in [2.45, 2.75) is 6.92 Å². The van der Waals surface area contributed by atoms with Crippen molar-refractivity contribution in [1.82, 2.24) is 4.98 Å². The first kappa shape index (κ1) is 10.5. The summed E-state index contributed by atoms with van der Waals surface area (Å²) in [6, 6.07) is 10.9. The minimum absolute atomic E-state index is 0.191. The summed E-state index contributed by atoms with van der Waals surface area (Å²) < 4.78 is 5.08. The molecule has 2 rings (SSSR count). The fraction of sp³-hybridized carbons (Fsp3) is 0.154. The number of pyridine rings is 1. The Kier molecular flexibility index (Phi) is 2.77. The summed E-state index contributed by atoms with van der Waals surface area (Å²) in [7, 11) is 1.62. The maximum absolute atomic E-state index is 9.72. The molecule has 0 aliphatic rings. The first-order chi connectivity index (χ1) is 7.70. The van der Waals surface area contributed by atoms with Crippen LogP contribution in [-0.4, -0.2) is 17.2 Å². The Morgan fingerprint density at radius 3 is 2.38 bits per heavy atom. The van der Waals surface area contributed by atoms with Crippen LogP contribution in [-0.2, 0) is 0 Å². The highest BCUT2D eigenvalue weighted by molar-refractivity contribution is 5.66. The van der Waals surface area contributed by atoms with E-state index in [0.717, 1.165) is 17.0 Å². The van der Waals surface area contributed by atoms with Gasteiger partial charge in [-0.25, -0.2) is 4.98 Å². The molecule has 1 aromatic heterocycles. The Bertz CT molecular complexity index is 492. The second kappa shape index (κ2) is 4.23. The molecule has 3 heteroatoms. The minimum Gasteiger partial charge on any atom is -0.506 e. The molecule has 0 spiro atoms. The van der Waals surface area contributed by atoms with Crippen molar-refractivity contribution in [3.05, 3.63) is 42.1 Å². The molecule has 2 aromatic rings. The predicted molar refractivity (Wildman–Crippen MR) is 62.6 cm³/mol. The molecular weight excluding hydrogens is 202 g/mol. The second-order valence-corrected chi connectivity index (χ2v) is 3.55. The number of rotatable bonds is 2. The standard InChI is InChI=1S/C13H13NO2/c1-9-3-8-12(15)13(14-9)10-4-6-11(16-2)7-5-10/h3-8,15H,1-2H3. The average Bonchev–Trinajstić information content (AvgIpc) is 2.32. The minimum atomic E-state index is 0.191. The van der Waals surface area contributed by atoms with Crippen molar-refractivity contribution in [2.75, 3.05) is 7.11 Å². The first-order valence-corrected chi connectivity index (χ1v) is 5.02. The van der Waals surface area contributed by atoms with Crippen molar-refractivity contribution >= 4 is 0 Å². The zero-order chi connectivity index (χ0) is 11.5. The lowest BCUT2D eigenvalue weighted by molar-refractivity contribution is 0.415. The molecule has 0 radical (unpaired) electrons. The third-order valence-electron chi connectivity index (χ3n) is 2.38. The van der Waals surface area contributed by atoms with Crippen molar-refractivity contribution in [3.63, 3.8) is 0 Å². The Morgan fingerprint density at radius 1 is 1.06 bits per heavy atom. The van der Waals surface area contributed by atoms with Gasteiger partial charge >= 0.3 is 0 Å². The highest BCUT2D eigenvalue weighted by atomic mass is 16.5. The van der Waals surface area contributed by atoms with Gasteiger partial charge in [0, 0.05) is 11.3 Å². The predicted octanol–water partition coefficient (Wildman–Crippen LogP) is 2.77. The van der Waals surface area contributed by atoms with Crippen LogP contribution in [0.3, 0.4) is 0 Å². The summed E-state index contributed by atoms with van der Waals surface area (Å²) in [4.78, 5) is 4.31. The molecular formula is C13H13NO2. The number of ether oxygens (including phenoxy) is 1. The fourth-order valence-corrected chi connectivity index (χ4v) is 1.51. The van der Waals surface area contributed by atoms with Crippen molar-refractivity contribution in [3.8, 4) is 22.8 Å². The van der Waals surface area contributed by atoms with E-state index in [1.54, 1.807) is 19.2 Å². The molecule has 16 heavy (non-hydrogen) atoms. The third-order valence-corrected chi connectivity index (χ3v) is 2.38. The number of methoxy groups -OCH3 is 1. The van der Waals surface area contributed by atoms with E-state index in [0.29, 0.717) is 5.69 Å². The van der Waals surface area contributed by atoms with E-state index in [2.05, 4.69) is 4.98 Å². The van der Waals surface area contributed by atoms with Gasteiger partial charge in [-0.3, -0.25) is 0 Å². The van der Waals surface area contributed by atoms with E-state index in [4.69, 9.17) is 4.74 Å². The molecule has 0 atom stereocenters. The molecule has 0 amide bonds. The van der Waals surface area contributed by atoms with Gasteiger partial charge < -0.3 is 9.84 Å². The molecule has 82 valence electrons. The van der Waals surface area contributed by atoms with Gasteiger partial charge in [0.05, 0.1) is 7.11 Å². The summed E-state index contributed by atoms with van der Waals surface area (Å²) in [5.74, 6) is 0.978. The van der Waals surface area contributed by atoms with Gasteiger partial charge in [0.15, 0.2) is 0 Å². The second-order valence-electron chi connectivity index (χ2n) is 3.55. The van der Waals surface area contributed by atoms with Gasteiger partial charge in [-0.05, 0) is 43.3 Å². The van der Waals surface area contributed by atoms with Crippen LogP contribution in [0, 0.1) is 6.92 Å².